The highest BCUT2D eigenvalue weighted by Gasteiger charge is 2.13. The first-order chi connectivity index (χ1) is 7.50. The fraction of sp³-hybridized carbons (Fsp3) is 0.273. The number of benzene rings is 1. The first-order valence-electron chi connectivity index (χ1n) is 4.88. The average molecular weight is 220 g/mol. The van der Waals surface area contributed by atoms with E-state index in [9.17, 15) is 9.90 Å². The van der Waals surface area contributed by atoms with Gasteiger partial charge >= 0.3 is 5.97 Å². The molecule has 0 bridgehead atoms. The fourth-order valence-electron chi connectivity index (χ4n) is 1.73. The first kappa shape index (κ1) is 10.6. The number of aliphatic hydroxyl groups excluding tert-OH is 1. The van der Waals surface area contributed by atoms with Gasteiger partial charge in [0, 0.05) is 7.05 Å². The van der Waals surface area contributed by atoms with Crippen molar-refractivity contribution >= 4 is 17.0 Å². The summed E-state index contributed by atoms with van der Waals surface area (Å²) in [6.07, 6.45) is -0.675. The van der Waals surface area contributed by atoms with Gasteiger partial charge in [0.05, 0.1) is 16.6 Å². The zero-order valence-electron chi connectivity index (χ0n) is 9.01. The minimum atomic E-state index is -0.980. The molecule has 0 aliphatic heterocycles. The third kappa shape index (κ3) is 1.55. The number of aromatic nitrogens is 2. The zero-order valence-corrected chi connectivity index (χ0v) is 9.01. The Kier molecular flexibility index (Phi) is 2.40. The van der Waals surface area contributed by atoms with Crippen molar-refractivity contribution in [3.8, 4) is 0 Å². The van der Waals surface area contributed by atoms with Gasteiger partial charge in [0.1, 0.15) is 11.9 Å². The molecule has 1 atom stereocenters. The molecule has 5 nitrogen and oxygen atoms in total. The van der Waals surface area contributed by atoms with E-state index in [1.54, 1.807) is 24.6 Å². The summed E-state index contributed by atoms with van der Waals surface area (Å²) >= 11 is 0. The Labute approximate surface area is 92.0 Å². The van der Waals surface area contributed by atoms with Crippen molar-refractivity contribution in [1.29, 1.82) is 0 Å². The Hall–Kier alpha value is -1.88. The molecule has 1 aromatic carbocycles. The molecule has 0 fully saturated rings. The number of rotatable bonds is 2. The predicted molar refractivity (Wildman–Crippen MR) is 58.3 cm³/mol. The quantitative estimate of drug-likeness (QED) is 0.800. The van der Waals surface area contributed by atoms with Crippen LogP contribution in [0.25, 0.3) is 11.0 Å². The van der Waals surface area contributed by atoms with Gasteiger partial charge in [-0.3, -0.25) is 0 Å². The molecule has 0 aliphatic carbocycles. The minimum Gasteiger partial charge on any atom is -0.478 e. The number of nitrogens with zero attached hydrogens (tertiary/aromatic N) is 2. The van der Waals surface area contributed by atoms with Crippen molar-refractivity contribution in [3.05, 3.63) is 29.6 Å². The Bertz CT molecular complexity index is 558. The number of imidazole rings is 1. The van der Waals surface area contributed by atoms with Crippen LogP contribution >= 0.6 is 0 Å². The monoisotopic (exact) mass is 220 g/mol. The second-order valence-electron chi connectivity index (χ2n) is 3.71. The number of aryl methyl sites for hydroxylation is 1. The molecule has 0 saturated heterocycles. The summed E-state index contributed by atoms with van der Waals surface area (Å²) < 4.78 is 1.76. The van der Waals surface area contributed by atoms with E-state index in [4.69, 9.17) is 5.11 Å². The highest BCUT2D eigenvalue weighted by Crippen LogP contribution is 2.20. The van der Waals surface area contributed by atoms with Crippen molar-refractivity contribution < 1.29 is 15.0 Å². The average Bonchev–Trinajstić information content (AvgIpc) is 2.55. The summed E-state index contributed by atoms with van der Waals surface area (Å²) in [7, 11) is 1.79. The van der Waals surface area contributed by atoms with Gasteiger partial charge < -0.3 is 14.8 Å². The molecule has 0 saturated carbocycles. The minimum absolute atomic E-state index is 0.197. The van der Waals surface area contributed by atoms with Crippen LogP contribution in [-0.2, 0) is 7.05 Å². The standard InChI is InChI=1S/C11H12N2O3/c1-6(14)10-12-8-5-7(11(15)16)3-4-9(8)13(10)2/h3-6,14H,1-2H3,(H,15,16)/t6-/m0/s1. The van der Waals surface area contributed by atoms with Crippen LogP contribution in [0.2, 0.25) is 0 Å². The summed E-state index contributed by atoms with van der Waals surface area (Å²) in [5.74, 6) is -0.455. The number of hydrogen-bond donors (Lipinski definition) is 2. The van der Waals surface area contributed by atoms with Gasteiger partial charge in [-0.25, -0.2) is 9.78 Å². The number of aromatic carboxylic acids is 1. The molecule has 2 aromatic rings. The summed E-state index contributed by atoms with van der Waals surface area (Å²) in [4.78, 5) is 15.0. The number of aliphatic hydroxyl groups is 1. The Morgan fingerprint density at radius 1 is 1.50 bits per heavy atom. The third-order valence-electron chi connectivity index (χ3n) is 2.54. The maximum Gasteiger partial charge on any atom is 0.335 e. The molecule has 0 amide bonds. The SMILES string of the molecule is C[C@H](O)c1nc2cc(C(=O)O)ccc2n1C. The topological polar surface area (TPSA) is 75.3 Å². The predicted octanol–water partition coefficient (Wildman–Crippen LogP) is 1.32. The molecule has 2 N–H and O–H groups in total. The van der Waals surface area contributed by atoms with Gasteiger partial charge in [0.2, 0.25) is 0 Å². The van der Waals surface area contributed by atoms with E-state index in [0.717, 1.165) is 5.52 Å². The lowest BCUT2D eigenvalue weighted by Gasteiger charge is -2.03. The molecular formula is C11H12N2O3. The molecule has 0 spiro atoms. The molecule has 0 aliphatic rings. The Morgan fingerprint density at radius 3 is 2.75 bits per heavy atom. The van der Waals surface area contributed by atoms with Crippen molar-refractivity contribution in [3.63, 3.8) is 0 Å². The Balaban J connectivity index is 2.67. The molecule has 16 heavy (non-hydrogen) atoms. The number of carbonyl (C=O) groups is 1. The van der Waals surface area contributed by atoms with E-state index in [2.05, 4.69) is 4.98 Å². The lowest BCUT2D eigenvalue weighted by molar-refractivity contribution is 0.0697. The van der Waals surface area contributed by atoms with Gasteiger partial charge in [0.15, 0.2) is 0 Å². The fourth-order valence-corrected chi connectivity index (χ4v) is 1.73. The molecule has 84 valence electrons. The van der Waals surface area contributed by atoms with E-state index in [1.165, 1.54) is 12.1 Å². The van der Waals surface area contributed by atoms with E-state index >= 15 is 0 Å². The lowest BCUT2D eigenvalue weighted by atomic mass is 10.2. The highest BCUT2D eigenvalue weighted by molar-refractivity contribution is 5.92. The van der Waals surface area contributed by atoms with Gasteiger partial charge in [0.25, 0.3) is 0 Å². The van der Waals surface area contributed by atoms with Crippen LogP contribution in [0.15, 0.2) is 18.2 Å². The third-order valence-corrected chi connectivity index (χ3v) is 2.54. The number of carboxylic acid groups (broad SMARTS) is 1. The summed E-state index contributed by atoms with van der Waals surface area (Å²) in [6.45, 7) is 1.62. The maximum atomic E-state index is 10.8. The number of fused-ring (bicyclic) bond motifs is 1. The van der Waals surface area contributed by atoms with Crippen molar-refractivity contribution in [2.45, 2.75) is 13.0 Å². The summed E-state index contributed by atoms with van der Waals surface area (Å²) in [5.41, 5.74) is 1.59. The van der Waals surface area contributed by atoms with Crippen LogP contribution in [0.4, 0.5) is 0 Å². The second kappa shape index (κ2) is 3.61. The van der Waals surface area contributed by atoms with Crippen LogP contribution in [0.1, 0.15) is 29.2 Å². The van der Waals surface area contributed by atoms with Crippen LogP contribution < -0.4 is 0 Å². The molecule has 1 heterocycles. The van der Waals surface area contributed by atoms with Gasteiger partial charge in [-0.2, -0.15) is 0 Å². The molecule has 5 heteroatoms. The molecule has 1 aromatic heterocycles. The zero-order chi connectivity index (χ0) is 11.9. The van der Waals surface area contributed by atoms with E-state index < -0.39 is 12.1 Å². The van der Waals surface area contributed by atoms with Crippen molar-refractivity contribution in [2.24, 2.45) is 7.05 Å². The van der Waals surface area contributed by atoms with Gasteiger partial charge in [-0.1, -0.05) is 0 Å². The smallest absolute Gasteiger partial charge is 0.335 e. The van der Waals surface area contributed by atoms with Gasteiger partial charge in [-0.15, -0.1) is 0 Å². The van der Waals surface area contributed by atoms with E-state index in [-0.39, 0.29) is 5.56 Å². The van der Waals surface area contributed by atoms with Crippen molar-refractivity contribution in [2.75, 3.05) is 0 Å². The molecule has 2 rings (SSSR count). The normalized spacial score (nSPS) is 12.9. The first-order valence-corrected chi connectivity index (χ1v) is 4.88. The van der Waals surface area contributed by atoms with E-state index in [0.29, 0.717) is 11.3 Å². The highest BCUT2D eigenvalue weighted by atomic mass is 16.4. The lowest BCUT2D eigenvalue weighted by Crippen LogP contribution is -2.01. The van der Waals surface area contributed by atoms with Crippen LogP contribution in [0, 0.1) is 0 Å². The Morgan fingerprint density at radius 2 is 2.19 bits per heavy atom. The second-order valence-corrected chi connectivity index (χ2v) is 3.71. The van der Waals surface area contributed by atoms with Crippen LogP contribution in [0.5, 0.6) is 0 Å². The number of hydrogen-bond acceptors (Lipinski definition) is 3. The van der Waals surface area contributed by atoms with E-state index in [1.807, 2.05) is 0 Å². The number of carboxylic acids is 1. The largest absolute Gasteiger partial charge is 0.478 e. The summed E-state index contributed by atoms with van der Waals surface area (Å²) in [5, 5.41) is 18.3. The van der Waals surface area contributed by atoms with Crippen LogP contribution in [0.3, 0.4) is 0 Å². The maximum absolute atomic E-state index is 10.8. The molecule has 0 unspecified atom stereocenters. The van der Waals surface area contributed by atoms with Crippen molar-refractivity contribution in [1.82, 2.24) is 9.55 Å². The molecular weight excluding hydrogens is 208 g/mol. The molecule has 0 radical (unpaired) electrons. The summed E-state index contributed by atoms with van der Waals surface area (Å²) in [6, 6.07) is 4.72. The van der Waals surface area contributed by atoms with Gasteiger partial charge in [-0.05, 0) is 25.1 Å². The van der Waals surface area contributed by atoms with Crippen LogP contribution in [-0.4, -0.2) is 25.7 Å².